The number of rotatable bonds is 5. The molecule has 2 N–H and O–H groups in total. The van der Waals surface area contributed by atoms with Crippen molar-refractivity contribution in [3.8, 4) is 0 Å². The minimum absolute atomic E-state index is 0.0479. The molecule has 8 heteroatoms. The van der Waals surface area contributed by atoms with E-state index in [-0.39, 0.29) is 23.8 Å². The average Bonchev–Trinajstić information content (AvgIpc) is 3.31. The Hall–Kier alpha value is -2.80. The Morgan fingerprint density at radius 3 is 2.32 bits per heavy atom. The molecular formula is C29H32Cl2N3O3+. The fourth-order valence-corrected chi connectivity index (χ4v) is 5.95. The van der Waals surface area contributed by atoms with Crippen LogP contribution in [0.15, 0.2) is 65.4 Å². The Balaban J connectivity index is 1.39. The summed E-state index contributed by atoms with van der Waals surface area (Å²) in [5.74, 6) is -0.164. The third-order valence-corrected chi connectivity index (χ3v) is 8.15. The molecule has 3 aliphatic rings. The summed E-state index contributed by atoms with van der Waals surface area (Å²) in [5, 5.41) is 3.20. The number of esters is 1. The molecule has 0 unspecified atom stereocenters. The zero-order valence-electron chi connectivity index (χ0n) is 20.9. The van der Waals surface area contributed by atoms with Gasteiger partial charge in [-0.25, -0.2) is 5.01 Å². The van der Waals surface area contributed by atoms with Crippen molar-refractivity contribution in [1.29, 1.82) is 0 Å². The molecule has 37 heavy (non-hydrogen) atoms. The maximum Gasteiger partial charge on any atom is 0.309 e. The van der Waals surface area contributed by atoms with E-state index < -0.39 is 0 Å². The van der Waals surface area contributed by atoms with Crippen molar-refractivity contribution in [2.75, 3.05) is 26.7 Å². The number of hydrogen-bond donors (Lipinski definition) is 2. The van der Waals surface area contributed by atoms with Crippen molar-refractivity contribution in [2.45, 2.75) is 38.1 Å². The van der Waals surface area contributed by atoms with Crippen LogP contribution in [0, 0.1) is 5.92 Å². The maximum absolute atomic E-state index is 13.7. The third-order valence-electron chi connectivity index (χ3n) is 7.65. The topological polar surface area (TPSA) is 63.1 Å². The molecule has 2 heterocycles. The van der Waals surface area contributed by atoms with Crippen LogP contribution in [0.2, 0.25) is 10.0 Å². The Bertz CT molecular complexity index is 1220. The molecule has 1 fully saturated rings. The number of nitrogens with zero attached hydrogens (tertiary/aromatic N) is 1. The first-order valence-electron chi connectivity index (χ1n) is 12.9. The molecule has 1 aliphatic carbocycles. The number of methoxy groups -OCH3 is 1. The molecule has 5 rings (SSSR count). The second-order valence-corrected chi connectivity index (χ2v) is 10.9. The summed E-state index contributed by atoms with van der Waals surface area (Å²) >= 11 is 12.3. The first-order valence-corrected chi connectivity index (χ1v) is 13.6. The summed E-state index contributed by atoms with van der Waals surface area (Å²) in [6, 6.07) is 15.4. The number of hydrogen-bond acceptors (Lipinski definition) is 4. The van der Waals surface area contributed by atoms with Crippen LogP contribution in [0.4, 0.5) is 0 Å². The van der Waals surface area contributed by atoms with Gasteiger partial charge in [0.2, 0.25) is 0 Å². The van der Waals surface area contributed by atoms with Crippen LogP contribution in [0.1, 0.15) is 49.3 Å². The zero-order valence-corrected chi connectivity index (χ0v) is 22.4. The highest BCUT2D eigenvalue weighted by atomic mass is 35.5. The monoisotopic (exact) mass is 540 g/mol. The second-order valence-electron chi connectivity index (χ2n) is 10.0. The normalized spacial score (nSPS) is 24.6. The maximum atomic E-state index is 13.7. The fraction of sp³-hybridized carbons (Fsp3) is 0.379. The summed E-state index contributed by atoms with van der Waals surface area (Å²) in [4.78, 5) is 26.9. The molecule has 6 nitrogen and oxygen atoms in total. The summed E-state index contributed by atoms with van der Waals surface area (Å²) < 4.78 is 4.91. The van der Waals surface area contributed by atoms with Crippen molar-refractivity contribution >= 4 is 41.2 Å². The molecule has 2 aromatic rings. The van der Waals surface area contributed by atoms with Gasteiger partial charge in [0, 0.05) is 22.9 Å². The van der Waals surface area contributed by atoms with Crippen LogP contribution in [0.5, 0.6) is 0 Å². The van der Waals surface area contributed by atoms with Crippen LogP contribution in [-0.4, -0.2) is 43.6 Å². The molecule has 1 saturated heterocycles. The summed E-state index contributed by atoms with van der Waals surface area (Å²) in [5.41, 5.74) is 9.13. The number of halogens is 2. The summed E-state index contributed by atoms with van der Waals surface area (Å²) in [7, 11) is 1.44. The van der Waals surface area contributed by atoms with Gasteiger partial charge in [0.05, 0.1) is 31.8 Å². The van der Waals surface area contributed by atoms with E-state index in [0.717, 1.165) is 62.0 Å². The number of piperidine rings is 1. The van der Waals surface area contributed by atoms with E-state index in [9.17, 15) is 9.59 Å². The van der Waals surface area contributed by atoms with Crippen molar-refractivity contribution in [3.63, 3.8) is 0 Å². The Morgan fingerprint density at radius 1 is 1.03 bits per heavy atom. The molecule has 0 saturated carbocycles. The van der Waals surface area contributed by atoms with Gasteiger partial charge >= 0.3 is 5.97 Å². The van der Waals surface area contributed by atoms with Gasteiger partial charge < -0.3 is 9.64 Å². The Kier molecular flexibility index (Phi) is 7.89. The van der Waals surface area contributed by atoms with Crippen molar-refractivity contribution in [3.05, 3.63) is 86.5 Å². The highest BCUT2D eigenvalue weighted by Gasteiger charge is 2.40. The molecule has 194 valence electrons. The van der Waals surface area contributed by atoms with Crippen LogP contribution in [0.3, 0.4) is 0 Å². The molecular weight excluding hydrogens is 509 g/mol. The lowest BCUT2D eigenvalue weighted by atomic mass is 9.86. The summed E-state index contributed by atoms with van der Waals surface area (Å²) in [6.07, 6.45) is 6.56. The largest absolute Gasteiger partial charge is 0.469 e. The molecule has 0 bridgehead atoms. The van der Waals surface area contributed by atoms with Crippen molar-refractivity contribution in [1.82, 2.24) is 10.4 Å². The SMILES string of the molecule is COC(=O)C1CC[NH+](CC(=O)N2NC3=C(CCC/C3=C\c3ccc(Cl)cc3)[C@@H]2c2ccc(Cl)cc2)CC1. The number of ether oxygens (including phenoxy) is 1. The Morgan fingerprint density at radius 2 is 1.68 bits per heavy atom. The number of likely N-dealkylation sites (tertiary alicyclic amines) is 1. The van der Waals surface area contributed by atoms with Crippen LogP contribution >= 0.6 is 23.2 Å². The number of carbonyl (C=O) groups excluding carboxylic acids is 2. The third kappa shape index (κ3) is 5.71. The molecule has 2 aromatic carbocycles. The minimum atomic E-state index is -0.180. The lowest BCUT2D eigenvalue weighted by Gasteiger charge is -2.31. The van der Waals surface area contributed by atoms with Gasteiger partial charge in [0.15, 0.2) is 6.54 Å². The smallest absolute Gasteiger partial charge is 0.309 e. The number of hydrazine groups is 1. The van der Waals surface area contributed by atoms with E-state index >= 15 is 0 Å². The van der Waals surface area contributed by atoms with E-state index in [1.165, 1.54) is 23.2 Å². The number of benzene rings is 2. The lowest BCUT2D eigenvalue weighted by molar-refractivity contribution is -0.898. The van der Waals surface area contributed by atoms with E-state index in [4.69, 9.17) is 27.9 Å². The lowest BCUT2D eigenvalue weighted by Crippen LogP contribution is -3.14. The number of allylic oxidation sites excluding steroid dienone is 1. The van der Waals surface area contributed by atoms with Gasteiger partial charge in [-0.05, 0) is 71.9 Å². The van der Waals surface area contributed by atoms with Gasteiger partial charge in [-0.2, -0.15) is 0 Å². The van der Waals surface area contributed by atoms with Gasteiger partial charge in [0.25, 0.3) is 5.91 Å². The highest BCUT2D eigenvalue weighted by molar-refractivity contribution is 6.30. The number of quaternary nitrogens is 1. The quantitative estimate of drug-likeness (QED) is 0.552. The predicted octanol–water partition coefficient (Wildman–Crippen LogP) is 4.37. The van der Waals surface area contributed by atoms with E-state index in [0.29, 0.717) is 16.6 Å². The first-order chi connectivity index (χ1) is 17.9. The van der Waals surface area contributed by atoms with Gasteiger partial charge in [0.1, 0.15) is 6.04 Å². The second kappa shape index (κ2) is 11.3. The molecule has 1 atom stereocenters. The predicted molar refractivity (Wildman–Crippen MR) is 145 cm³/mol. The Labute approximate surface area is 227 Å². The van der Waals surface area contributed by atoms with Crippen molar-refractivity contribution in [2.24, 2.45) is 5.92 Å². The fourth-order valence-electron chi connectivity index (χ4n) is 5.69. The van der Waals surface area contributed by atoms with Gasteiger partial charge in [-0.1, -0.05) is 47.5 Å². The highest BCUT2D eigenvalue weighted by Crippen LogP contribution is 2.44. The molecule has 0 spiro atoms. The minimum Gasteiger partial charge on any atom is -0.469 e. The molecule has 2 aliphatic heterocycles. The number of nitrogens with one attached hydrogen (secondary N) is 2. The number of amides is 1. The average molecular weight is 541 g/mol. The first kappa shape index (κ1) is 25.8. The summed E-state index contributed by atoms with van der Waals surface area (Å²) in [6.45, 7) is 1.93. The molecule has 1 amide bonds. The molecule has 0 aromatic heterocycles. The molecule has 0 radical (unpaired) electrons. The van der Waals surface area contributed by atoms with Crippen LogP contribution in [0.25, 0.3) is 6.08 Å². The van der Waals surface area contributed by atoms with E-state index in [1.54, 1.807) is 0 Å². The van der Waals surface area contributed by atoms with Gasteiger partial charge in [-0.15, -0.1) is 0 Å². The van der Waals surface area contributed by atoms with Crippen molar-refractivity contribution < 1.29 is 19.2 Å². The van der Waals surface area contributed by atoms with E-state index in [1.807, 2.05) is 53.5 Å². The zero-order chi connectivity index (χ0) is 25.9. The van der Waals surface area contributed by atoms with Crippen LogP contribution < -0.4 is 10.3 Å². The van der Waals surface area contributed by atoms with Crippen LogP contribution in [-0.2, 0) is 14.3 Å². The van der Waals surface area contributed by atoms with Gasteiger partial charge in [-0.3, -0.25) is 15.0 Å². The number of carbonyl (C=O) groups is 2. The van der Waals surface area contributed by atoms with E-state index in [2.05, 4.69) is 11.5 Å². The standard InChI is InChI=1S/C29H31Cl2N3O3/c1-37-29(36)21-13-15-33(16-14-21)18-26(35)34-28(20-7-11-24(31)12-8-20)25-4-2-3-22(27(25)32-34)17-19-5-9-23(30)10-6-19/h5-12,17,21,28,32H,2-4,13-16,18H2,1H3/p+1/b22-17+/t28-/m0/s1.